The van der Waals surface area contributed by atoms with Gasteiger partial charge in [0.15, 0.2) is 11.5 Å². The fourth-order valence-electron chi connectivity index (χ4n) is 2.63. The number of phenolic OH excluding ortho intramolecular Hbond substituents is 1. The summed E-state index contributed by atoms with van der Waals surface area (Å²) in [4.78, 5) is 0. The number of halogens is 1. The van der Waals surface area contributed by atoms with Crippen LogP contribution in [-0.2, 0) is 0 Å². The highest BCUT2D eigenvalue weighted by Crippen LogP contribution is 2.34. The fourth-order valence-corrected chi connectivity index (χ4v) is 3.26. The van der Waals surface area contributed by atoms with Gasteiger partial charge >= 0.3 is 0 Å². The highest BCUT2D eigenvalue weighted by molar-refractivity contribution is 14.1. The number of phenols is 1. The number of nitrogens with zero attached hydrogens (tertiary/aromatic N) is 1. The standard InChI is InChI=1S/C20H14INO2/c1-24-19-11-13(10-18(21)20(19)23)9-15(12-22)17-8-4-6-14-5-2-3-7-16(14)17/h2-11,23H,1H3/b15-9-. The Hall–Kier alpha value is -2.52. The van der Waals surface area contributed by atoms with E-state index >= 15 is 0 Å². The number of rotatable bonds is 3. The monoisotopic (exact) mass is 427 g/mol. The lowest BCUT2D eigenvalue weighted by molar-refractivity contribution is 0.371. The molecule has 1 N–H and O–H groups in total. The number of methoxy groups -OCH3 is 1. The highest BCUT2D eigenvalue weighted by atomic mass is 127. The van der Waals surface area contributed by atoms with E-state index in [0.29, 0.717) is 14.9 Å². The predicted octanol–water partition coefficient (Wildman–Crippen LogP) is 5.22. The quantitative estimate of drug-likeness (QED) is 0.354. The second-order valence-corrected chi connectivity index (χ2v) is 6.41. The van der Waals surface area contributed by atoms with E-state index in [0.717, 1.165) is 21.9 Å². The Bertz CT molecular complexity index is 981. The third kappa shape index (κ3) is 3.08. The molecule has 3 aromatic carbocycles. The average molecular weight is 427 g/mol. The molecule has 118 valence electrons. The smallest absolute Gasteiger partial charge is 0.171 e. The summed E-state index contributed by atoms with van der Waals surface area (Å²) in [6, 6.07) is 19.7. The average Bonchev–Trinajstić information content (AvgIpc) is 2.62. The van der Waals surface area contributed by atoms with Gasteiger partial charge in [-0.2, -0.15) is 5.26 Å². The van der Waals surface area contributed by atoms with Crippen LogP contribution < -0.4 is 4.74 Å². The third-order valence-electron chi connectivity index (χ3n) is 3.78. The molecule has 0 aliphatic carbocycles. The maximum Gasteiger partial charge on any atom is 0.171 e. The van der Waals surface area contributed by atoms with Crippen LogP contribution in [0.3, 0.4) is 0 Å². The Morgan fingerprint density at radius 2 is 1.92 bits per heavy atom. The van der Waals surface area contributed by atoms with Gasteiger partial charge in [0.05, 0.1) is 22.3 Å². The Morgan fingerprint density at radius 3 is 2.67 bits per heavy atom. The van der Waals surface area contributed by atoms with E-state index in [-0.39, 0.29) is 5.75 Å². The molecule has 0 saturated carbocycles. The Balaban J connectivity index is 2.17. The minimum atomic E-state index is 0.110. The number of hydrogen-bond acceptors (Lipinski definition) is 3. The van der Waals surface area contributed by atoms with Crippen molar-refractivity contribution in [2.75, 3.05) is 7.11 Å². The molecule has 0 aliphatic rings. The lowest BCUT2D eigenvalue weighted by Crippen LogP contribution is -1.89. The molecule has 0 atom stereocenters. The van der Waals surface area contributed by atoms with E-state index in [1.165, 1.54) is 7.11 Å². The molecule has 0 bridgehead atoms. The van der Waals surface area contributed by atoms with Crippen LogP contribution in [-0.4, -0.2) is 12.2 Å². The summed E-state index contributed by atoms with van der Waals surface area (Å²) in [6.45, 7) is 0. The van der Waals surface area contributed by atoms with Gasteiger partial charge < -0.3 is 9.84 Å². The Morgan fingerprint density at radius 1 is 1.17 bits per heavy atom. The number of aromatic hydroxyl groups is 1. The fraction of sp³-hybridized carbons (Fsp3) is 0.0500. The summed E-state index contributed by atoms with van der Waals surface area (Å²) >= 11 is 2.04. The maximum absolute atomic E-state index is 9.95. The molecule has 3 aromatic rings. The van der Waals surface area contributed by atoms with Gasteiger partial charge in [-0.05, 0) is 57.1 Å². The Labute approximate surface area is 154 Å². The lowest BCUT2D eigenvalue weighted by Gasteiger charge is -2.08. The first-order valence-corrected chi connectivity index (χ1v) is 8.38. The van der Waals surface area contributed by atoms with E-state index in [4.69, 9.17) is 4.74 Å². The van der Waals surface area contributed by atoms with Crippen LogP contribution in [0.4, 0.5) is 0 Å². The number of benzene rings is 3. The van der Waals surface area contributed by atoms with E-state index in [9.17, 15) is 10.4 Å². The van der Waals surface area contributed by atoms with Gasteiger partial charge in [0.2, 0.25) is 0 Å². The van der Waals surface area contributed by atoms with Crippen LogP contribution in [0.5, 0.6) is 11.5 Å². The van der Waals surface area contributed by atoms with Crippen molar-refractivity contribution < 1.29 is 9.84 Å². The molecular weight excluding hydrogens is 413 g/mol. The van der Waals surface area contributed by atoms with Crippen LogP contribution in [0.2, 0.25) is 0 Å². The molecule has 0 radical (unpaired) electrons. The minimum Gasteiger partial charge on any atom is -0.504 e. The molecule has 0 saturated heterocycles. The van der Waals surface area contributed by atoms with Crippen molar-refractivity contribution in [2.24, 2.45) is 0 Å². The van der Waals surface area contributed by atoms with Crippen LogP contribution in [0.15, 0.2) is 54.6 Å². The van der Waals surface area contributed by atoms with Gasteiger partial charge in [-0.25, -0.2) is 0 Å². The van der Waals surface area contributed by atoms with Crippen molar-refractivity contribution in [3.63, 3.8) is 0 Å². The first-order chi connectivity index (χ1) is 11.6. The molecular formula is C20H14INO2. The van der Waals surface area contributed by atoms with Gasteiger partial charge in [0.1, 0.15) is 0 Å². The second-order valence-electron chi connectivity index (χ2n) is 5.25. The van der Waals surface area contributed by atoms with Crippen LogP contribution in [0.25, 0.3) is 22.4 Å². The normalized spacial score (nSPS) is 11.3. The van der Waals surface area contributed by atoms with Crippen molar-refractivity contribution in [2.45, 2.75) is 0 Å². The summed E-state index contributed by atoms with van der Waals surface area (Å²) in [5, 5.41) is 21.7. The minimum absolute atomic E-state index is 0.110. The summed E-state index contributed by atoms with van der Waals surface area (Å²) in [5.41, 5.74) is 2.26. The SMILES string of the molecule is COc1cc(/C=C(/C#N)c2cccc3ccccc23)cc(I)c1O. The maximum atomic E-state index is 9.95. The van der Waals surface area contributed by atoms with Gasteiger partial charge in [-0.15, -0.1) is 0 Å². The predicted molar refractivity (Wildman–Crippen MR) is 105 cm³/mol. The van der Waals surface area contributed by atoms with Crippen molar-refractivity contribution in [3.8, 4) is 17.6 Å². The molecule has 0 unspecified atom stereocenters. The van der Waals surface area contributed by atoms with Crippen molar-refractivity contribution in [1.29, 1.82) is 5.26 Å². The molecule has 0 amide bonds. The lowest BCUT2D eigenvalue weighted by atomic mass is 9.97. The zero-order chi connectivity index (χ0) is 17.1. The molecule has 3 nitrogen and oxygen atoms in total. The number of nitriles is 1. The molecule has 0 aliphatic heterocycles. The number of hydrogen-bond donors (Lipinski definition) is 1. The van der Waals surface area contributed by atoms with Gasteiger partial charge in [-0.3, -0.25) is 0 Å². The zero-order valence-electron chi connectivity index (χ0n) is 13.0. The third-order valence-corrected chi connectivity index (χ3v) is 4.60. The van der Waals surface area contributed by atoms with E-state index in [1.807, 2.05) is 77.2 Å². The second kappa shape index (κ2) is 6.93. The number of ether oxygens (including phenoxy) is 1. The summed E-state index contributed by atoms with van der Waals surface area (Å²) in [6.07, 6.45) is 1.81. The van der Waals surface area contributed by atoms with E-state index in [2.05, 4.69) is 6.07 Å². The number of allylic oxidation sites excluding steroid dienone is 1. The topological polar surface area (TPSA) is 53.2 Å². The number of fused-ring (bicyclic) bond motifs is 1. The van der Waals surface area contributed by atoms with Gasteiger partial charge in [-0.1, -0.05) is 42.5 Å². The zero-order valence-corrected chi connectivity index (χ0v) is 15.1. The molecule has 0 heterocycles. The van der Waals surface area contributed by atoms with Crippen molar-refractivity contribution >= 4 is 45.0 Å². The summed E-state index contributed by atoms with van der Waals surface area (Å²) in [7, 11) is 1.51. The molecule has 4 heteroatoms. The molecule has 0 aromatic heterocycles. The van der Waals surface area contributed by atoms with Crippen molar-refractivity contribution in [1.82, 2.24) is 0 Å². The summed E-state index contributed by atoms with van der Waals surface area (Å²) < 4.78 is 5.87. The van der Waals surface area contributed by atoms with Crippen LogP contribution >= 0.6 is 22.6 Å². The first kappa shape index (κ1) is 16.3. The van der Waals surface area contributed by atoms with Gasteiger partial charge in [0, 0.05) is 5.56 Å². The van der Waals surface area contributed by atoms with E-state index < -0.39 is 0 Å². The largest absolute Gasteiger partial charge is 0.504 e. The highest BCUT2D eigenvalue weighted by Gasteiger charge is 2.10. The molecule has 24 heavy (non-hydrogen) atoms. The van der Waals surface area contributed by atoms with Gasteiger partial charge in [0.25, 0.3) is 0 Å². The van der Waals surface area contributed by atoms with E-state index in [1.54, 1.807) is 6.07 Å². The van der Waals surface area contributed by atoms with Crippen LogP contribution in [0.1, 0.15) is 11.1 Å². The molecule has 0 spiro atoms. The first-order valence-electron chi connectivity index (χ1n) is 7.30. The van der Waals surface area contributed by atoms with Crippen LogP contribution in [0, 0.1) is 14.9 Å². The Kier molecular flexibility index (Phi) is 4.72. The molecule has 0 fully saturated rings. The molecule has 3 rings (SSSR count). The van der Waals surface area contributed by atoms with Crippen molar-refractivity contribution in [3.05, 3.63) is 69.3 Å². The summed E-state index contributed by atoms with van der Waals surface area (Å²) in [5.74, 6) is 0.502.